The minimum Gasteiger partial charge on any atom is -0.493 e. The Morgan fingerprint density at radius 2 is 1.65 bits per heavy atom. The Kier molecular flexibility index (Phi) is 5.06. The molecular weight excluding hydrogens is 222 g/mol. The quantitative estimate of drug-likeness (QED) is 0.762. The molecule has 0 aliphatic carbocycles. The van der Waals surface area contributed by atoms with Crippen LogP contribution in [0.5, 0.6) is 17.2 Å². The minimum absolute atomic E-state index is 0.0589. The summed E-state index contributed by atoms with van der Waals surface area (Å²) >= 11 is 0. The van der Waals surface area contributed by atoms with Gasteiger partial charge in [-0.15, -0.1) is 0 Å². The first kappa shape index (κ1) is 13.6. The highest BCUT2D eigenvalue weighted by molar-refractivity contribution is 5.53. The van der Waals surface area contributed by atoms with Crippen molar-refractivity contribution in [2.24, 2.45) is 5.73 Å². The molecule has 5 heteroatoms. The third-order valence-electron chi connectivity index (χ3n) is 2.46. The van der Waals surface area contributed by atoms with Crippen LogP contribution >= 0.6 is 0 Å². The van der Waals surface area contributed by atoms with Crippen LogP contribution in [0.4, 0.5) is 0 Å². The van der Waals surface area contributed by atoms with Crippen molar-refractivity contribution in [2.45, 2.75) is 12.5 Å². The van der Waals surface area contributed by atoms with E-state index in [-0.39, 0.29) is 12.6 Å². The number of nitrogens with two attached hydrogens (primary N) is 1. The van der Waals surface area contributed by atoms with Gasteiger partial charge in [0.1, 0.15) is 0 Å². The van der Waals surface area contributed by atoms with Gasteiger partial charge in [-0.25, -0.2) is 0 Å². The number of methoxy groups -OCH3 is 3. The zero-order valence-electron chi connectivity index (χ0n) is 10.4. The van der Waals surface area contributed by atoms with E-state index in [4.69, 9.17) is 25.1 Å². The third kappa shape index (κ3) is 3.25. The molecule has 0 spiro atoms. The second-order valence-electron chi connectivity index (χ2n) is 3.68. The Hall–Kier alpha value is -1.46. The lowest BCUT2D eigenvalue weighted by atomic mass is 10.1. The lowest BCUT2D eigenvalue weighted by Gasteiger charge is -2.15. The van der Waals surface area contributed by atoms with Crippen LogP contribution in [-0.4, -0.2) is 39.1 Å². The molecule has 0 saturated heterocycles. The predicted molar refractivity (Wildman–Crippen MR) is 64.9 cm³/mol. The Morgan fingerprint density at radius 3 is 2.00 bits per heavy atom. The van der Waals surface area contributed by atoms with Crippen LogP contribution in [0.1, 0.15) is 5.56 Å². The molecule has 0 saturated carbocycles. The number of hydrogen-bond acceptors (Lipinski definition) is 5. The fourth-order valence-corrected chi connectivity index (χ4v) is 1.62. The zero-order chi connectivity index (χ0) is 12.8. The van der Waals surface area contributed by atoms with Gasteiger partial charge in [-0.2, -0.15) is 0 Å². The molecule has 1 aromatic carbocycles. The molecule has 3 N–H and O–H groups in total. The summed E-state index contributed by atoms with van der Waals surface area (Å²) in [7, 11) is 4.68. The first-order valence-electron chi connectivity index (χ1n) is 5.31. The maximum atomic E-state index is 8.94. The molecular formula is C12H19NO4. The molecule has 1 rings (SSSR count). The highest BCUT2D eigenvalue weighted by Crippen LogP contribution is 2.38. The Labute approximate surface area is 101 Å². The van der Waals surface area contributed by atoms with Crippen LogP contribution in [-0.2, 0) is 6.42 Å². The van der Waals surface area contributed by atoms with Crippen LogP contribution in [0.25, 0.3) is 0 Å². The topological polar surface area (TPSA) is 73.9 Å². The van der Waals surface area contributed by atoms with Gasteiger partial charge in [0.25, 0.3) is 0 Å². The van der Waals surface area contributed by atoms with Crippen molar-refractivity contribution in [1.29, 1.82) is 0 Å². The minimum atomic E-state index is -0.294. The van der Waals surface area contributed by atoms with Crippen molar-refractivity contribution in [3.05, 3.63) is 17.7 Å². The molecule has 0 heterocycles. The average Bonchev–Trinajstić information content (AvgIpc) is 2.37. The molecule has 1 atom stereocenters. The lowest BCUT2D eigenvalue weighted by molar-refractivity contribution is 0.265. The second kappa shape index (κ2) is 6.32. The molecule has 0 aliphatic heterocycles. The van der Waals surface area contributed by atoms with Crippen molar-refractivity contribution in [1.82, 2.24) is 0 Å². The fraction of sp³-hybridized carbons (Fsp3) is 0.500. The molecule has 0 fully saturated rings. The second-order valence-corrected chi connectivity index (χ2v) is 3.68. The van der Waals surface area contributed by atoms with Crippen molar-refractivity contribution < 1.29 is 19.3 Å². The Balaban J connectivity index is 3.08. The number of aliphatic hydroxyl groups is 1. The van der Waals surface area contributed by atoms with E-state index in [0.717, 1.165) is 5.56 Å². The normalized spacial score (nSPS) is 12.1. The number of rotatable bonds is 6. The number of aliphatic hydroxyl groups excluding tert-OH is 1. The van der Waals surface area contributed by atoms with E-state index in [0.29, 0.717) is 23.7 Å². The first-order valence-corrected chi connectivity index (χ1v) is 5.31. The van der Waals surface area contributed by atoms with Gasteiger partial charge in [0, 0.05) is 6.04 Å². The SMILES string of the molecule is COc1cc(C[C@H](N)CO)cc(OC)c1OC. The summed E-state index contributed by atoms with van der Waals surface area (Å²) in [6, 6.07) is 3.37. The summed E-state index contributed by atoms with van der Waals surface area (Å²) in [4.78, 5) is 0. The van der Waals surface area contributed by atoms with Gasteiger partial charge < -0.3 is 25.1 Å². The van der Waals surface area contributed by atoms with Gasteiger partial charge in [0.2, 0.25) is 5.75 Å². The van der Waals surface area contributed by atoms with E-state index < -0.39 is 0 Å². The highest BCUT2D eigenvalue weighted by atomic mass is 16.5. The molecule has 0 bridgehead atoms. The maximum Gasteiger partial charge on any atom is 0.203 e. The monoisotopic (exact) mass is 241 g/mol. The molecule has 5 nitrogen and oxygen atoms in total. The van der Waals surface area contributed by atoms with Gasteiger partial charge >= 0.3 is 0 Å². The van der Waals surface area contributed by atoms with Crippen molar-refractivity contribution in [2.75, 3.05) is 27.9 Å². The third-order valence-corrected chi connectivity index (χ3v) is 2.46. The van der Waals surface area contributed by atoms with E-state index in [1.54, 1.807) is 21.3 Å². The standard InChI is InChI=1S/C12H19NO4/c1-15-10-5-8(4-9(13)7-14)6-11(16-2)12(10)17-3/h5-6,9,14H,4,7,13H2,1-3H3/t9-/m0/s1. The van der Waals surface area contributed by atoms with Crippen molar-refractivity contribution >= 4 is 0 Å². The Morgan fingerprint density at radius 1 is 1.12 bits per heavy atom. The summed E-state index contributed by atoms with van der Waals surface area (Å²) in [5.74, 6) is 1.73. The van der Waals surface area contributed by atoms with E-state index in [1.807, 2.05) is 12.1 Å². The van der Waals surface area contributed by atoms with Crippen LogP contribution in [0.3, 0.4) is 0 Å². The first-order chi connectivity index (χ1) is 8.15. The van der Waals surface area contributed by atoms with Crippen LogP contribution in [0.15, 0.2) is 12.1 Å². The highest BCUT2D eigenvalue weighted by Gasteiger charge is 2.14. The van der Waals surface area contributed by atoms with Gasteiger partial charge in [-0.3, -0.25) is 0 Å². The largest absolute Gasteiger partial charge is 0.493 e. The van der Waals surface area contributed by atoms with Crippen LogP contribution in [0.2, 0.25) is 0 Å². The van der Waals surface area contributed by atoms with Crippen molar-refractivity contribution in [3.8, 4) is 17.2 Å². The number of hydrogen-bond donors (Lipinski definition) is 2. The summed E-state index contributed by atoms with van der Waals surface area (Å²) in [6.07, 6.45) is 0.549. The molecule has 96 valence electrons. The molecule has 0 radical (unpaired) electrons. The van der Waals surface area contributed by atoms with Gasteiger partial charge in [-0.05, 0) is 24.1 Å². The average molecular weight is 241 g/mol. The molecule has 1 aromatic rings. The van der Waals surface area contributed by atoms with Crippen LogP contribution < -0.4 is 19.9 Å². The number of ether oxygens (including phenoxy) is 3. The zero-order valence-corrected chi connectivity index (χ0v) is 10.4. The Bertz CT molecular complexity index is 343. The molecule has 0 unspecified atom stereocenters. The van der Waals surface area contributed by atoms with Gasteiger partial charge in [0.05, 0.1) is 27.9 Å². The molecule has 0 aliphatic rings. The van der Waals surface area contributed by atoms with Crippen LogP contribution in [0, 0.1) is 0 Å². The molecule has 0 aromatic heterocycles. The van der Waals surface area contributed by atoms with Crippen molar-refractivity contribution in [3.63, 3.8) is 0 Å². The molecule has 0 amide bonds. The van der Waals surface area contributed by atoms with Gasteiger partial charge in [0.15, 0.2) is 11.5 Å². The number of benzene rings is 1. The van der Waals surface area contributed by atoms with E-state index in [9.17, 15) is 0 Å². The summed E-state index contributed by atoms with van der Waals surface area (Å²) in [5.41, 5.74) is 6.63. The van der Waals surface area contributed by atoms with Gasteiger partial charge in [-0.1, -0.05) is 0 Å². The van der Waals surface area contributed by atoms with E-state index in [1.165, 1.54) is 0 Å². The smallest absolute Gasteiger partial charge is 0.203 e. The van der Waals surface area contributed by atoms with E-state index in [2.05, 4.69) is 0 Å². The summed E-state index contributed by atoms with van der Waals surface area (Å²) < 4.78 is 15.7. The summed E-state index contributed by atoms with van der Waals surface area (Å²) in [5, 5.41) is 8.94. The molecule has 17 heavy (non-hydrogen) atoms. The lowest BCUT2D eigenvalue weighted by Crippen LogP contribution is -2.26. The summed E-state index contributed by atoms with van der Waals surface area (Å²) in [6.45, 7) is -0.0589. The predicted octanol–water partition coefficient (Wildman–Crippen LogP) is 0.574. The fourth-order valence-electron chi connectivity index (χ4n) is 1.62. The van der Waals surface area contributed by atoms with E-state index >= 15 is 0 Å². The maximum absolute atomic E-state index is 8.94.